The maximum absolute atomic E-state index is 4.42. The van der Waals surface area contributed by atoms with Gasteiger partial charge in [-0.3, -0.25) is 4.57 Å². The highest BCUT2D eigenvalue weighted by molar-refractivity contribution is 7.99. The number of anilines is 1. The number of rotatable bonds is 6. The molecule has 2 aromatic carbocycles. The number of imidazole rings is 1. The number of nitrogens with zero attached hydrogens (tertiary/aromatic N) is 2. The van der Waals surface area contributed by atoms with Crippen molar-refractivity contribution in [3.63, 3.8) is 0 Å². The van der Waals surface area contributed by atoms with E-state index in [1.807, 2.05) is 12.4 Å². The van der Waals surface area contributed by atoms with Gasteiger partial charge in [0.05, 0.1) is 0 Å². The molecular formula is C19H21N3S. The van der Waals surface area contributed by atoms with Crippen LogP contribution >= 0.6 is 11.8 Å². The zero-order chi connectivity index (χ0) is 16.1. The van der Waals surface area contributed by atoms with Gasteiger partial charge in [-0.25, -0.2) is 4.98 Å². The van der Waals surface area contributed by atoms with Gasteiger partial charge in [-0.15, -0.1) is 0 Å². The summed E-state index contributed by atoms with van der Waals surface area (Å²) in [4.78, 5) is 4.42. The summed E-state index contributed by atoms with van der Waals surface area (Å²) < 4.78 is 2.13. The number of hydrogen-bond donors (Lipinski definition) is 1. The van der Waals surface area contributed by atoms with E-state index in [0.29, 0.717) is 0 Å². The Bertz CT molecular complexity index is 780. The third-order valence-electron chi connectivity index (χ3n) is 3.58. The van der Waals surface area contributed by atoms with Gasteiger partial charge < -0.3 is 5.32 Å². The number of aromatic nitrogens is 2. The van der Waals surface area contributed by atoms with Gasteiger partial charge in [-0.2, -0.15) is 0 Å². The zero-order valence-electron chi connectivity index (χ0n) is 13.5. The molecular weight excluding hydrogens is 302 g/mol. The molecule has 3 rings (SSSR count). The van der Waals surface area contributed by atoms with Crippen molar-refractivity contribution in [3.8, 4) is 5.69 Å². The van der Waals surface area contributed by atoms with Crippen LogP contribution in [0.15, 0.2) is 66.1 Å². The zero-order valence-corrected chi connectivity index (χ0v) is 14.3. The fourth-order valence-electron chi connectivity index (χ4n) is 2.51. The van der Waals surface area contributed by atoms with Crippen LogP contribution < -0.4 is 5.32 Å². The van der Waals surface area contributed by atoms with Crippen LogP contribution in [-0.4, -0.2) is 15.3 Å². The average Bonchev–Trinajstić information content (AvgIpc) is 3.02. The molecule has 1 heterocycles. The molecule has 118 valence electrons. The predicted octanol–water partition coefficient (Wildman–Crippen LogP) is 4.90. The van der Waals surface area contributed by atoms with Crippen LogP contribution in [-0.2, 0) is 6.54 Å². The van der Waals surface area contributed by atoms with Crippen molar-refractivity contribution in [2.24, 2.45) is 0 Å². The second kappa shape index (κ2) is 7.38. The minimum Gasteiger partial charge on any atom is -0.381 e. The van der Waals surface area contributed by atoms with E-state index in [-0.39, 0.29) is 0 Å². The number of nitrogens with one attached hydrogen (secondary N) is 1. The average molecular weight is 323 g/mol. The van der Waals surface area contributed by atoms with Gasteiger partial charge in [0.1, 0.15) is 0 Å². The van der Waals surface area contributed by atoms with E-state index in [4.69, 9.17) is 0 Å². The standard InChI is InChI=1S/C19H21N3S/c1-3-23-19-20-10-11-22(19)18-9-5-8-17(13-18)21-14-16-7-4-6-15(2)12-16/h4-13,21H,3,14H2,1-2H3. The van der Waals surface area contributed by atoms with E-state index in [2.05, 4.69) is 77.2 Å². The van der Waals surface area contributed by atoms with Crippen LogP contribution in [0, 0.1) is 6.92 Å². The molecule has 0 aliphatic rings. The molecule has 3 aromatic rings. The molecule has 0 atom stereocenters. The number of aryl methyl sites for hydroxylation is 1. The van der Waals surface area contributed by atoms with Crippen molar-refractivity contribution in [1.82, 2.24) is 9.55 Å². The molecule has 4 heteroatoms. The number of hydrogen-bond acceptors (Lipinski definition) is 3. The van der Waals surface area contributed by atoms with Gasteiger partial charge in [0.2, 0.25) is 0 Å². The largest absolute Gasteiger partial charge is 0.381 e. The maximum Gasteiger partial charge on any atom is 0.172 e. The molecule has 0 saturated carbocycles. The second-order valence-electron chi connectivity index (χ2n) is 5.41. The Balaban J connectivity index is 1.76. The fourth-order valence-corrected chi connectivity index (χ4v) is 3.21. The fraction of sp³-hybridized carbons (Fsp3) is 0.211. The van der Waals surface area contributed by atoms with E-state index >= 15 is 0 Å². The van der Waals surface area contributed by atoms with Crippen LogP contribution in [0.25, 0.3) is 5.69 Å². The molecule has 0 spiro atoms. The summed E-state index contributed by atoms with van der Waals surface area (Å²) in [6.45, 7) is 5.09. The Morgan fingerprint density at radius 1 is 1.13 bits per heavy atom. The Labute approximate surface area is 141 Å². The lowest BCUT2D eigenvalue weighted by atomic mass is 10.1. The van der Waals surface area contributed by atoms with Gasteiger partial charge in [0, 0.05) is 30.3 Å². The van der Waals surface area contributed by atoms with Crippen molar-refractivity contribution in [3.05, 3.63) is 72.1 Å². The highest BCUT2D eigenvalue weighted by Gasteiger charge is 2.05. The minimum atomic E-state index is 0.825. The molecule has 1 N–H and O–H groups in total. The normalized spacial score (nSPS) is 10.7. The first-order valence-electron chi connectivity index (χ1n) is 7.82. The Hall–Kier alpha value is -2.20. The molecule has 3 nitrogen and oxygen atoms in total. The van der Waals surface area contributed by atoms with Crippen LogP contribution in [0.5, 0.6) is 0 Å². The van der Waals surface area contributed by atoms with E-state index < -0.39 is 0 Å². The highest BCUT2D eigenvalue weighted by Crippen LogP contribution is 2.22. The molecule has 0 aliphatic carbocycles. The van der Waals surface area contributed by atoms with Gasteiger partial charge in [-0.1, -0.05) is 54.6 Å². The summed E-state index contributed by atoms with van der Waals surface area (Å²) in [7, 11) is 0. The van der Waals surface area contributed by atoms with Gasteiger partial charge in [0.25, 0.3) is 0 Å². The second-order valence-corrected chi connectivity index (χ2v) is 6.64. The summed E-state index contributed by atoms with van der Waals surface area (Å²) in [5.74, 6) is 1.02. The molecule has 0 unspecified atom stereocenters. The Kier molecular flexibility index (Phi) is 5.03. The van der Waals surface area contributed by atoms with E-state index in [1.54, 1.807) is 11.8 Å². The first kappa shape index (κ1) is 15.7. The molecule has 0 amide bonds. The number of benzene rings is 2. The molecule has 23 heavy (non-hydrogen) atoms. The maximum atomic E-state index is 4.42. The first-order chi connectivity index (χ1) is 11.3. The number of thioether (sulfide) groups is 1. The summed E-state index contributed by atoms with van der Waals surface area (Å²) >= 11 is 1.75. The third-order valence-corrected chi connectivity index (χ3v) is 4.43. The monoisotopic (exact) mass is 323 g/mol. The van der Waals surface area contributed by atoms with Crippen molar-refractivity contribution in [2.75, 3.05) is 11.1 Å². The Morgan fingerprint density at radius 2 is 2.00 bits per heavy atom. The van der Waals surface area contributed by atoms with Crippen LogP contribution in [0.1, 0.15) is 18.1 Å². The lowest BCUT2D eigenvalue weighted by molar-refractivity contribution is 0.895. The van der Waals surface area contributed by atoms with Crippen molar-refractivity contribution in [1.29, 1.82) is 0 Å². The first-order valence-corrected chi connectivity index (χ1v) is 8.81. The van der Waals surface area contributed by atoms with Crippen LogP contribution in [0.2, 0.25) is 0 Å². The summed E-state index contributed by atoms with van der Waals surface area (Å²) in [6, 6.07) is 17.0. The summed E-state index contributed by atoms with van der Waals surface area (Å²) in [5.41, 5.74) is 4.83. The smallest absolute Gasteiger partial charge is 0.172 e. The third kappa shape index (κ3) is 3.96. The van der Waals surface area contributed by atoms with Gasteiger partial charge >= 0.3 is 0 Å². The topological polar surface area (TPSA) is 29.9 Å². The Morgan fingerprint density at radius 3 is 2.83 bits per heavy atom. The predicted molar refractivity (Wildman–Crippen MR) is 98.5 cm³/mol. The lowest BCUT2D eigenvalue weighted by Gasteiger charge is -2.11. The van der Waals surface area contributed by atoms with E-state index in [1.165, 1.54) is 11.1 Å². The molecule has 0 bridgehead atoms. The molecule has 1 aromatic heterocycles. The van der Waals surface area contributed by atoms with E-state index in [0.717, 1.165) is 28.8 Å². The quantitative estimate of drug-likeness (QED) is 0.654. The molecule has 0 fully saturated rings. The van der Waals surface area contributed by atoms with Crippen LogP contribution in [0.3, 0.4) is 0 Å². The lowest BCUT2D eigenvalue weighted by Crippen LogP contribution is -2.01. The minimum absolute atomic E-state index is 0.825. The highest BCUT2D eigenvalue weighted by atomic mass is 32.2. The van der Waals surface area contributed by atoms with Crippen LogP contribution in [0.4, 0.5) is 5.69 Å². The SMILES string of the molecule is CCSc1nccn1-c1cccc(NCc2cccc(C)c2)c1. The molecule has 0 aliphatic heterocycles. The molecule has 0 saturated heterocycles. The van der Waals surface area contributed by atoms with Gasteiger partial charge in [-0.05, 0) is 36.4 Å². The van der Waals surface area contributed by atoms with Gasteiger partial charge in [0.15, 0.2) is 5.16 Å². The van der Waals surface area contributed by atoms with Crippen molar-refractivity contribution < 1.29 is 0 Å². The summed E-state index contributed by atoms with van der Waals surface area (Å²) in [5, 5.41) is 4.53. The van der Waals surface area contributed by atoms with E-state index in [9.17, 15) is 0 Å². The van der Waals surface area contributed by atoms with Crippen molar-refractivity contribution in [2.45, 2.75) is 25.5 Å². The van der Waals surface area contributed by atoms with Crippen molar-refractivity contribution >= 4 is 17.4 Å². The summed E-state index contributed by atoms with van der Waals surface area (Å²) in [6.07, 6.45) is 3.86. The molecule has 0 radical (unpaired) electrons.